The van der Waals surface area contributed by atoms with Crippen LogP contribution in [0.15, 0.2) is 12.2 Å². The minimum absolute atomic E-state index is 0.0961. The van der Waals surface area contributed by atoms with Crippen molar-refractivity contribution in [3.05, 3.63) is 12.2 Å². The molecule has 0 radical (unpaired) electrons. The molecule has 4 aliphatic rings. The molecule has 2 nitrogen and oxygen atoms in total. The Bertz CT molecular complexity index is 359. The molecule has 2 heterocycles. The molecule has 0 unspecified atom stereocenters. The van der Waals surface area contributed by atoms with E-state index in [2.05, 4.69) is 12.2 Å². The van der Waals surface area contributed by atoms with E-state index >= 15 is 0 Å². The van der Waals surface area contributed by atoms with Crippen LogP contribution in [0.5, 0.6) is 0 Å². The predicted octanol–water partition coefficient (Wildman–Crippen LogP) is 1.84. The van der Waals surface area contributed by atoms with E-state index in [0.717, 1.165) is 32.1 Å². The highest BCUT2D eigenvalue weighted by molar-refractivity contribution is 5.93. The van der Waals surface area contributed by atoms with Crippen molar-refractivity contribution in [3.63, 3.8) is 0 Å². The molecule has 0 amide bonds. The van der Waals surface area contributed by atoms with Crippen LogP contribution in [0.25, 0.3) is 0 Å². The molecule has 2 saturated carbocycles. The molecule has 1 saturated heterocycles. The van der Waals surface area contributed by atoms with Gasteiger partial charge in [0.25, 0.3) is 0 Å². The van der Waals surface area contributed by atoms with E-state index < -0.39 is 0 Å². The van der Waals surface area contributed by atoms with Crippen molar-refractivity contribution in [2.45, 2.75) is 43.8 Å². The number of hydrogen-bond donors (Lipinski definition) is 0. The second-order valence-electron chi connectivity index (χ2n) is 5.28. The summed E-state index contributed by atoms with van der Waals surface area (Å²) in [5.41, 5.74) is -0.261. The van der Waals surface area contributed by atoms with Crippen molar-refractivity contribution in [3.8, 4) is 0 Å². The van der Waals surface area contributed by atoms with Crippen LogP contribution in [0.1, 0.15) is 32.1 Å². The maximum atomic E-state index is 12.3. The summed E-state index contributed by atoms with van der Waals surface area (Å²) in [6.45, 7) is 0. The summed E-state index contributed by atoms with van der Waals surface area (Å²) in [6.07, 6.45) is 9.92. The average molecular weight is 190 g/mol. The summed E-state index contributed by atoms with van der Waals surface area (Å²) in [5, 5.41) is 0. The second-order valence-corrected chi connectivity index (χ2v) is 5.28. The molecule has 14 heavy (non-hydrogen) atoms. The van der Waals surface area contributed by atoms with Gasteiger partial charge in [-0.3, -0.25) is 4.79 Å². The quantitative estimate of drug-likeness (QED) is 0.545. The number of carbonyl (C=O) groups excluding carboxylic acids is 1. The van der Waals surface area contributed by atoms with E-state index in [1.54, 1.807) is 0 Å². The van der Waals surface area contributed by atoms with Crippen molar-refractivity contribution < 1.29 is 9.53 Å². The van der Waals surface area contributed by atoms with Gasteiger partial charge in [0.1, 0.15) is 5.78 Å². The Morgan fingerprint density at radius 2 is 2.29 bits per heavy atom. The molecule has 2 heteroatoms. The summed E-state index contributed by atoms with van der Waals surface area (Å²) in [7, 11) is 0. The Hall–Kier alpha value is -0.630. The lowest BCUT2D eigenvalue weighted by Gasteiger charge is -2.42. The molecule has 0 N–H and O–H groups in total. The van der Waals surface area contributed by atoms with Crippen LogP contribution >= 0.6 is 0 Å². The number of ketones is 1. The average Bonchev–Trinajstić information content (AvgIpc) is 2.78. The van der Waals surface area contributed by atoms with Gasteiger partial charge in [-0.05, 0) is 32.1 Å². The van der Waals surface area contributed by atoms with E-state index in [-0.39, 0.29) is 23.0 Å². The van der Waals surface area contributed by atoms with Crippen LogP contribution in [0.2, 0.25) is 0 Å². The van der Waals surface area contributed by atoms with E-state index in [9.17, 15) is 4.79 Å². The second kappa shape index (κ2) is 1.99. The summed E-state index contributed by atoms with van der Waals surface area (Å²) in [5.74, 6) is 0.719. The molecule has 0 aromatic carbocycles. The first-order valence-electron chi connectivity index (χ1n) is 5.69. The minimum Gasteiger partial charge on any atom is -0.362 e. The fourth-order valence-corrected chi connectivity index (χ4v) is 4.30. The monoisotopic (exact) mass is 190 g/mol. The normalized spacial score (nSPS) is 58.1. The van der Waals surface area contributed by atoms with Gasteiger partial charge in [-0.2, -0.15) is 0 Å². The lowest BCUT2D eigenvalue weighted by Crippen LogP contribution is -2.52. The van der Waals surface area contributed by atoms with Gasteiger partial charge in [-0.25, -0.2) is 0 Å². The van der Waals surface area contributed by atoms with Crippen LogP contribution in [-0.2, 0) is 9.53 Å². The first-order valence-corrected chi connectivity index (χ1v) is 5.69. The van der Waals surface area contributed by atoms with Crippen molar-refractivity contribution in [2.24, 2.45) is 11.3 Å². The number of hydrogen-bond acceptors (Lipinski definition) is 2. The van der Waals surface area contributed by atoms with Gasteiger partial charge in [-0.15, -0.1) is 0 Å². The SMILES string of the molecule is O=C1[C@H]2CC[C@@]13CCC[C@@]31C=C[C@@H]2O1. The third kappa shape index (κ3) is 0.545. The van der Waals surface area contributed by atoms with E-state index in [1.807, 2.05) is 0 Å². The fourth-order valence-electron chi connectivity index (χ4n) is 4.30. The van der Waals surface area contributed by atoms with Gasteiger partial charge in [-0.1, -0.05) is 12.2 Å². The van der Waals surface area contributed by atoms with Crippen molar-refractivity contribution in [1.82, 2.24) is 0 Å². The van der Waals surface area contributed by atoms with Gasteiger partial charge < -0.3 is 4.74 Å². The lowest BCUT2D eigenvalue weighted by atomic mass is 9.71. The van der Waals surface area contributed by atoms with E-state index in [0.29, 0.717) is 5.78 Å². The van der Waals surface area contributed by atoms with Crippen molar-refractivity contribution in [2.75, 3.05) is 0 Å². The van der Waals surface area contributed by atoms with Gasteiger partial charge >= 0.3 is 0 Å². The number of fused-ring (bicyclic) bond motifs is 3. The minimum atomic E-state index is -0.165. The number of ether oxygens (including phenoxy) is 1. The Balaban J connectivity index is 1.99. The lowest BCUT2D eigenvalue weighted by molar-refractivity contribution is -0.165. The molecule has 0 aromatic rings. The van der Waals surface area contributed by atoms with Crippen molar-refractivity contribution >= 4 is 5.78 Å². The molecule has 2 spiro atoms. The molecule has 3 fully saturated rings. The molecule has 0 aromatic heterocycles. The third-order valence-corrected chi connectivity index (χ3v) is 4.95. The van der Waals surface area contributed by atoms with Gasteiger partial charge in [0, 0.05) is 5.92 Å². The molecule has 4 bridgehead atoms. The topological polar surface area (TPSA) is 26.3 Å². The Kier molecular flexibility index (Phi) is 1.08. The largest absolute Gasteiger partial charge is 0.362 e. The molecule has 74 valence electrons. The van der Waals surface area contributed by atoms with Crippen LogP contribution in [0.4, 0.5) is 0 Å². The number of Topliss-reactive ketones (excluding diaryl/α,β-unsaturated/α-hetero) is 1. The highest BCUT2D eigenvalue weighted by Gasteiger charge is 2.69. The zero-order valence-electron chi connectivity index (χ0n) is 8.16. The molecular formula is C12H14O2. The molecular weight excluding hydrogens is 176 g/mol. The number of carbonyl (C=O) groups is 1. The number of rotatable bonds is 0. The molecule has 4 atom stereocenters. The maximum absolute atomic E-state index is 12.3. The third-order valence-electron chi connectivity index (χ3n) is 4.95. The van der Waals surface area contributed by atoms with Gasteiger partial charge in [0.2, 0.25) is 0 Å². The Morgan fingerprint density at radius 1 is 1.36 bits per heavy atom. The van der Waals surface area contributed by atoms with Crippen molar-refractivity contribution in [1.29, 1.82) is 0 Å². The van der Waals surface area contributed by atoms with Crippen LogP contribution in [0.3, 0.4) is 0 Å². The summed E-state index contributed by atoms with van der Waals surface area (Å²) in [6, 6.07) is 0. The zero-order chi connectivity index (χ0) is 9.39. The predicted molar refractivity (Wildman–Crippen MR) is 50.8 cm³/mol. The van der Waals surface area contributed by atoms with Crippen LogP contribution in [-0.4, -0.2) is 17.5 Å². The van der Waals surface area contributed by atoms with Crippen LogP contribution in [0, 0.1) is 11.3 Å². The summed E-state index contributed by atoms with van der Waals surface area (Å²) >= 11 is 0. The maximum Gasteiger partial charge on any atom is 0.148 e. The van der Waals surface area contributed by atoms with Crippen LogP contribution < -0.4 is 0 Å². The first-order chi connectivity index (χ1) is 6.78. The molecule has 4 rings (SSSR count). The Labute approximate surface area is 83.3 Å². The van der Waals surface area contributed by atoms with Gasteiger partial charge in [0.15, 0.2) is 0 Å². The van der Waals surface area contributed by atoms with E-state index in [1.165, 1.54) is 0 Å². The highest BCUT2D eigenvalue weighted by atomic mass is 16.5. The fraction of sp³-hybridized carbons (Fsp3) is 0.750. The molecule has 2 aliphatic heterocycles. The van der Waals surface area contributed by atoms with Gasteiger partial charge in [0.05, 0.1) is 17.1 Å². The molecule has 2 aliphatic carbocycles. The smallest absolute Gasteiger partial charge is 0.148 e. The zero-order valence-corrected chi connectivity index (χ0v) is 8.16. The highest BCUT2D eigenvalue weighted by Crippen LogP contribution is 2.64. The van der Waals surface area contributed by atoms with E-state index in [4.69, 9.17) is 4.74 Å². The summed E-state index contributed by atoms with van der Waals surface area (Å²) < 4.78 is 6.13. The standard InChI is InChI=1S/C12H14O2/c13-10-8-2-6-11(10)4-1-5-12(11)7-3-9(8)14-12/h3,7-9H,1-2,4-6H2/t8-,9-,11-,12+/m0/s1. The Morgan fingerprint density at radius 3 is 3.21 bits per heavy atom. The first kappa shape index (κ1) is 7.63. The summed E-state index contributed by atoms with van der Waals surface area (Å²) in [4.78, 5) is 12.3.